The molecule has 0 heterocycles. The van der Waals surface area contributed by atoms with Gasteiger partial charge in [-0.3, -0.25) is 13.9 Å². The van der Waals surface area contributed by atoms with Crippen molar-refractivity contribution < 1.29 is 27.5 Å². The number of carbonyl (C=O) groups is 2. The number of methoxy groups -OCH3 is 2. The molecular weight excluding hydrogens is 566 g/mol. The van der Waals surface area contributed by atoms with Crippen molar-refractivity contribution in [1.29, 1.82) is 0 Å². The van der Waals surface area contributed by atoms with Crippen molar-refractivity contribution >= 4 is 27.5 Å². The number of amides is 2. The minimum atomic E-state index is -4.19. The Kier molecular flexibility index (Phi) is 10.4. The molecule has 224 valence electrons. The highest BCUT2D eigenvalue weighted by molar-refractivity contribution is 7.92. The van der Waals surface area contributed by atoms with Crippen LogP contribution in [-0.4, -0.2) is 59.0 Å². The predicted octanol–water partition coefficient (Wildman–Crippen LogP) is 4.29. The first-order chi connectivity index (χ1) is 20.8. The van der Waals surface area contributed by atoms with Gasteiger partial charge in [-0.2, -0.15) is 0 Å². The van der Waals surface area contributed by atoms with Crippen LogP contribution >= 0.6 is 0 Å². The Bertz CT molecular complexity index is 1630. The zero-order valence-corrected chi connectivity index (χ0v) is 25.2. The molecule has 0 aliphatic heterocycles. The summed E-state index contributed by atoms with van der Waals surface area (Å²) >= 11 is 0. The fraction of sp³-hybridized carbons (Fsp3) is 0.212. The van der Waals surface area contributed by atoms with Gasteiger partial charge in [-0.25, -0.2) is 8.42 Å². The number of nitrogens with zero attached hydrogens (tertiary/aromatic N) is 2. The topological polar surface area (TPSA) is 105 Å². The molecule has 0 spiro atoms. The van der Waals surface area contributed by atoms with Gasteiger partial charge in [-0.15, -0.1) is 0 Å². The fourth-order valence-corrected chi connectivity index (χ4v) is 6.13. The zero-order valence-electron chi connectivity index (χ0n) is 24.3. The van der Waals surface area contributed by atoms with Gasteiger partial charge in [0.25, 0.3) is 10.0 Å². The summed E-state index contributed by atoms with van der Waals surface area (Å²) in [6.07, 6.45) is 0.223. The van der Waals surface area contributed by atoms with Crippen molar-refractivity contribution in [2.24, 2.45) is 0 Å². The highest BCUT2D eigenvalue weighted by Gasteiger charge is 2.34. The maximum Gasteiger partial charge on any atom is 0.264 e. The number of benzene rings is 4. The minimum Gasteiger partial charge on any atom is -0.497 e. The summed E-state index contributed by atoms with van der Waals surface area (Å²) in [6.45, 7) is -0.519. The first kappa shape index (κ1) is 31.1. The van der Waals surface area contributed by atoms with Crippen LogP contribution in [0.2, 0.25) is 0 Å². The Hall–Kier alpha value is -4.83. The van der Waals surface area contributed by atoms with Crippen LogP contribution in [0.25, 0.3) is 0 Å². The first-order valence-electron chi connectivity index (χ1n) is 13.7. The van der Waals surface area contributed by atoms with Crippen molar-refractivity contribution in [1.82, 2.24) is 10.2 Å². The summed E-state index contributed by atoms with van der Waals surface area (Å²) < 4.78 is 39.8. The van der Waals surface area contributed by atoms with Crippen molar-refractivity contribution in [3.05, 3.63) is 120 Å². The molecular formula is C33H35N3O6S. The molecule has 1 atom stereocenters. The van der Waals surface area contributed by atoms with Crippen LogP contribution in [-0.2, 0) is 32.6 Å². The van der Waals surface area contributed by atoms with E-state index in [2.05, 4.69) is 5.32 Å². The zero-order chi connectivity index (χ0) is 30.8. The van der Waals surface area contributed by atoms with E-state index in [1.54, 1.807) is 67.8 Å². The smallest absolute Gasteiger partial charge is 0.264 e. The van der Waals surface area contributed by atoms with E-state index in [1.165, 1.54) is 31.2 Å². The molecule has 0 saturated heterocycles. The molecule has 2 amide bonds. The van der Waals surface area contributed by atoms with Gasteiger partial charge in [0.2, 0.25) is 11.8 Å². The number of anilines is 1. The third-order valence-electron chi connectivity index (χ3n) is 6.96. The highest BCUT2D eigenvalue weighted by atomic mass is 32.2. The van der Waals surface area contributed by atoms with E-state index in [0.29, 0.717) is 17.1 Å². The number of hydrogen-bond acceptors (Lipinski definition) is 6. The van der Waals surface area contributed by atoms with Crippen LogP contribution in [0, 0.1) is 0 Å². The molecule has 0 aromatic heterocycles. The molecule has 9 nitrogen and oxygen atoms in total. The van der Waals surface area contributed by atoms with Crippen LogP contribution in [0.5, 0.6) is 11.5 Å². The number of hydrogen-bond donors (Lipinski definition) is 1. The number of rotatable bonds is 13. The molecule has 4 rings (SSSR count). The van der Waals surface area contributed by atoms with Gasteiger partial charge in [0, 0.05) is 26.1 Å². The Morgan fingerprint density at radius 1 is 0.767 bits per heavy atom. The highest BCUT2D eigenvalue weighted by Crippen LogP contribution is 2.28. The molecule has 0 saturated carbocycles. The van der Waals surface area contributed by atoms with Gasteiger partial charge in [-0.05, 0) is 47.5 Å². The molecule has 0 fully saturated rings. The number of sulfonamides is 1. The lowest BCUT2D eigenvalue weighted by atomic mass is 10.0. The SMILES string of the molecule is CNC(=O)[C@@H](Cc1ccccc1)N(Cc1cccc(OC)c1)C(=O)CN(c1cccc(OC)c1)S(=O)(=O)c1ccccc1. The van der Waals surface area contributed by atoms with Crippen molar-refractivity contribution in [2.75, 3.05) is 32.1 Å². The fourth-order valence-electron chi connectivity index (χ4n) is 4.70. The van der Waals surface area contributed by atoms with E-state index in [9.17, 15) is 18.0 Å². The lowest BCUT2D eigenvalue weighted by Crippen LogP contribution is -2.53. The van der Waals surface area contributed by atoms with E-state index in [-0.39, 0.29) is 29.5 Å². The second-order valence-electron chi connectivity index (χ2n) is 9.72. The Morgan fingerprint density at radius 3 is 1.98 bits per heavy atom. The van der Waals surface area contributed by atoms with Crippen LogP contribution in [0.3, 0.4) is 0 Å². The van der Waals surface area contributed by atoms with Gasteiger partial charge in [-0.1, -0.05) is 66.7 Å². The van der Waals surface area contributed by atoms with Gasteiger partial charge < -0.3 is 19.7 Å². The average Bonchev–Trinajstić information content (AvgIpc) is 3.05. The molecule has 1 N–H and O–H groups in total. The number of likely N-dealkylation sites (N-methyl/N-ethyl adjacent to an activating group) is 1. The Morgan fingerprint density at radius 2 is 1.35 bits per heavy atom. The van der Waals surface area contributed by atoms with Gasteiger partial charge >= 0.3 is 0 Å². The number of carbonyl (C=O) groups excluding carboxylic acids is 2. The molecule has 0 bridgehead atoms. The van der Waals surface area contributed by atoms with E-state index >= 15 is 0 Å². The molecule has 43 heavy (non-hydrogen) atoms. The second kappa shape index (κ2) is 14.4. The molecule has 0 unspecified atom stereocenters. The summed E-state index contributed by atoms with van der Waals surface area (Å²) in [5, 5.41) is 2.68. The number of ether oxygens (including phenoxy) is 2. The lowest BCUT2D eigenvalue weighted by Gasteiger charge is -2.33. The maximum atomic E-state index is 14.3. The summed E-state index contributed by atoms with van der Waals surface area (Å²) in [7, 11) is 0.346. The third-order valence-corrected chi connectivity index (χ3v) is 8.74. The third kappa shape index (κ3) is 7.72. The monoisotopic (exact) mass is 601 g/mol. The first-order valence-corrected chi connectivity index (χ1v) is 15.1. The van der Waals surface area contributed by atoms with Gasteiger partial charge in [0.1, 0.15) is 24.1 Å². The summed E-state index contributed by atoms with van der Waals surface area (Å²) in [4.78, 5) is 29.2. The van der Waals surface area contributed by atoms with E-state index < -0.39 is 28.5 Å². The van der Waals surface area contributed by atoms with Crippen molar-refractivity contribution in [3.63, 3.8) is 0 Å². The molecule has 0 aliphatic rings. The maximum absolute atomic E-state index is 14.3. The molecule has 4 aromatic carbocycles. The van der Waals surface area contributed by atoms with Crippen molar-refractivity contribution in [3.8, 4) is 11.5 Å². The van der Waals surface area contributed by atoms with Gasteiger partial charge in [0.05, 0.1) is 24.8 Å². The van der Waals surface area contributed by atoms with Crippen LogP contribution in [0.15, 0.2) is 114 Å². The normalized spacial score (nSPS) is 11.7. The standard InChI is InChI=1S/C33H35N3O6S/c1-34-33(38)31(21-25-12-6-4-7-13-25)35(23-26-14-10-16-28(20-26)41-2)32(37)24-36(27-15-11-17-29(22-27)42-3)43(39,40)30-18-8-5-9-19-30/h4-20,22,31H,21,23-24H2,1-3H3,(H,34,38)/t31-/m1/s1. The Balaban J connectivity index is 1.80. The van der Waals surface area contributed by atoms with Crippen LogP contribution in [0.4, 0.5) is 5.69 Å². The summed E-state index contributed by atoms with van der Waals surface area (Å²) in [5.74, 6) is 0.0847. The van der Waals surface area contributed by atoms with Crippen LogP contribution < -0.4 is 19.1 Å². The van der Waals surface area contributed by atoms with Crippen molar-refractivity contribution in [2.45, 2.75) is 23.9 Å². The van der Waals surface area contributed by atoms with Crippen LogP contribution in [0.1, 0.15) is 11.1 Å². The molecule has 4 aromatic rings. The predicted molar refractivity (Wildman–Crippen MR) is 166 cm³/mol. The van der Waals surface area contributed by atoms with E-state index in [0.717, 1.165) is 9.87 Å². The lowest BCUT2D eigenvalue weighted by molar-refractivity contribution is -0.139. The van der Waals surface area contributed by atoms with E-state index in [1.807, 2.05) is 36.4 Å². The van der Waals surface area contributed by atoms with Gasteiger partial charge in [0.15, 0.2) is 0 Å². The molecule has 0 radical (unpaired) electrons. The molecule has 10 heteroatoms. The quantitative estimate of drug-likeness (QED) is 0.245. The minimum absolute atomic E-state index is 0.0251. The molecule has 0 aliphatic carbocycles. The Labute approximate surface area is 252 Å². The summed E-state index contributed by atoms with van der Waals surface area (Å²) in [6, 6.07) is 30.0. The largest absolute Gasteiger partial charge is 0.497 e. The average molecular weight is 602 g/mol. The summed E-state index contributed by atoms with van der Waals surface area (Å²) in [5.41, 5.74) is 1.81. The number of nitrogens with one attached hydrogen (secondary N) is 1. The van der Waals surface area contributed by atoms with E-state index in [4.69, 9.17) is 9.47 Å². The second-order valence-corrected chi connectivity index (χ2v) is 11.6.